The van der Waals surface area contributed by atoms with Gasteiger partial charge in [-0.05, 0) is 43.1 Å². The number of nitrogens with one attached hydrogen (secondary N) is 3. The summed E-state index contributed by atoms with van der Waals surface area (Å²) in [5.41, 5.74) is 9.45. The molecular formula is C24H26Cl2N6O2. The van der Waals surface area contributed by atoms with Crippen LogP contribution < -0.4 is 21.7 Å². The van der Waals surface area contributed by atoms with E-state index in [1.807, 2.05) is 24.3 Å². The van der Waals surface area contributed by atoms with Crippen molar-refractivity contribution in [2.45, 2.75) is 38.0 Å². The lowest BCUT2D eigenvalue weighted by molar-refractivity contribution is -0.140. The van der Waals surface area contributed by atoms with Crippen molar-refractivity contribution >= 4 is 40.8 Å². The Kier molecular flexibility index (Phi) is 7.84. The number of aliphatic carboxylic acids is 1. The molecule has 1 fully saturated rings. The molecular weight excluding hydrogens is 475 g/mol. The molecule has 2 heterocycles. The lowest BCUT2D eigenvalue weighted by atomic mass is 9.99. The molecule has 0 aliphatic carbocycles. The van der Waals surface area contributed by atoms with Crippen molar-refractivity contribution in [3.05, 3.63) is 69.8 Å². The van der Waals surface area contributed by atoms with Gasteiger partial charge in [-0.15, -0.1) is 0 Å². The number of aromatic nitrogens is 2. The molecule has 0 saturated carbocycles. The van der Waals surface area contributed by atoms with Crippen LogP contribution in [0.25, 0.3) is 11.3 Å². The summed E-state index contributed by atoms with van der Waals surface area (Å²) in [5, 5.41) is 20.1. The smallest absolute Gasteiger partial charge is 0.320 e. The van der Waals surface area contributed by atoms with Gasteiger partial charge in [-0.2, -0.15) is 0 Å². The standard InChI is InChI=1S/C24H26Cl2N6O2/c25-18-5-2-6-19(26)17(18)12-31-23-22(27)30-13-21(32-23)15-4-1-3-14(9-15)11-29-16-7-8-28-20(10-16)24(33)34/h1-6,9,13,16,20,28-29H,7-8,10-12H2,(H2,27,30)(H,31,32)(H,33,34)/t16?,20-/m0/s1. The van der Waals surface area contributed by atoms with Gasteiger partial charge in [-0.3, -0.25) is 4.79 Å². The Bertz CT molecular complexity index is 1160. The second-order valence-corrected chi connectivity index (χ2v) is 9.00. The molecule has 0 bridgehead atoms. The molecule has 8 nitrogen and oxygen atoms in total. The average Bonchev–Trinajstić information content (AvgIpc) is 2.84. The highest BCUT2D eigenvalue weighted by atomic mass is 35.5. The Morgan fingerprint density at radius 2 is 1.94 bits per heavy atom. The molecule has 0 amide bonds. The van der Waals surface area contributed by atoms with E-state index in [0.717, 1.165) is 23.1 Å². The molecule has 178 valence electrons. The predicted octanol–water partition coefficient (Wildman–Crippen LogP) is 3.94. The molecule has 1 unspecified atom stereocenters. The van der Waals surface area contributed by atoms with Crippen LogP contribution in [0.5, 0.6) is 0 Å². The van der Waals surface area contributed by atoms with Crippen molar-refractivity contribution in [2.24, 2.45) is 0 Å². The predicted molar refractivity (Wildman–Crippen MR) is 135 cm³/mol. The van der Waals surface area contributed by atoms with Crippen LogP contribution in [0, 0.1) is 0 Å². The maximum Gasteiger partial charge on any atom is 0.320 e. The molecule has 0 spiro atoms. The van der Waals surface area contributed by atoms with Gasteiger partial charge < -0.3 is 26.8 Å². The number of halogens is 2. The summed E-state index contributed by atoms with van der Waals surface area (Å²) < 4.78 is 0. The van der Waals surface area contributed by atoms with Crippen LogP contribution in [-0.2, 0) is 17.9 Å². The quantitative estimate of drug-likeness (QED) is 0.314. The number of piperidine rings is 1. The SMILES string of the molecule is Nc1ncc(-c2cccc(CNC3CCN[C@H](C(=O)O)C3)c2)nc1NCc1c(Cl)cccc1Cl. The van der Waals surface area contributed by atoms with Crippen LogP contribution in [0.3, 0.4) is 0 Å². The van der Waals surface area contributed by atoms with Crippen molar-refractivity contribution in [1.29, 1.82) is 0 Å². The molecule has 4 rings (SSSR count). The number of hydrogen-bond donors (Lipinski definition) is 5. The number of rotatable bonds is 8. The van der Waals surface area contributed by atoms with Gasteiger partial charge in [0.2, 0.25) is 0 Å². The van der Waals surface area contributed by atoms with Crippen LogP contribution >= 0.6 is 23.2 Å². The second-order valence-electron chi connectivity index (χ2n) is 8.19. The van der Waals surface area contributed by atoms with Gasteiger partial charge in [-0.1, -0.05) is 47.5 Å². The van der Waals surface area contributed by atoms with Crippen molar-refractivity contribution in [3.63, 3.8) is 0 Å². The first-order valence-corrected chi connectivity index (χ1v) is 11.7. The van der Waals surface area contributed by atoms with Crippen LogP contribution in [0.4, 0.5) is 11.6 Å². The van der Waals surface area contributed by atoms with Gasteiger partial charge in [0, 0.05) is 40.3 Å². The van der Waals surface area contributed by atoms with E-state index in [2.05, 4.69) is 25.9 Å². The maximum absolute atomic E-state index is 11.3. The van der Waals surface area contributed by atoms with Gasteiger partial charge in [0.25, 0.3) is 0 Å². The Hall–Kier alpha value is -2.91. The number of anilines is 2. The minimum absolute atomic E-state index is 0.148. The molecule has 0 radical (unpaired) electrons. The van der Waals surface area contributed by atoms with E-state index in [1.54, 1.807) is 24.4 Å². The fourth-order valence-corrected chi connectivity index (χ4v) is 4.47. The minimum Gasteiger partial charge on any atom is -0.480 e. The van der Waals surface area contributed by atoms with Crippen LogP contribution in [-0.4, -0.2) is 39.7 Å². The van der Waals surface area contributed by atoms with Crippen LogP contribution in [0.1, 0.15) is 24.0 Å². The fourth-order valence-electron chi connectivity index (χ4n) is 3.93. The molecule has 2 atom stereocenters. The van der Waals surface area contributed by atoms with E-state index in [0.29, 0.717) is 47.6 Å². The monoisotopic (exact) mass is 500 g/mol. The number of carbonyl (C=O) groups is 1. The van der Waals surface area contributed by atoms with Crippen molar-refractivity contribution in [3.8, 4) is 11.3 Å². The number of carboxylic acid groups (broad SMARTS) is 1. The first kappa shape index (κ1) is 24.2. The lowest BCUT2D eigenvalue weighted by Crippen LogP contribution is -2.49. The summed E-state index contributed by atoms with van der Waals surface area (Å²) in [6.07, 6.45) is 3.08. The summed E-state index contributed by atoms with van der Waals surface area (Å²) in [7, 11) is 0. The topological polar surface area (TPSA) is 125 Å². The largest absolute Gasteiger partial charge is 0.480 e. The Labute approximate surface area is 207 Å². The summed E-state index contributed by atoms with van der Waals surface area (Å²) in [5.74, 6) is -0.0771. The van der Waals surface area contributed by atoms with E-state index < -0.39 is 12.0 Å². The summed E-state index contributed by atoms with van der Waals surface area (Å²) in [6.45, 7) is 1.67. The molecule has 1 aromatic heterocycles. The van der Waals surface area contributed by atoms with E-state index in [9.17, 15) is 9.90 Å². The number of carboxylic acids is 1. The number of nitrogen functional groups attached to an aromatic ring is 1. The summed E-state index contributed by atoms with van der Waals surface area (Å²) >= 11 is 12.5. The number of nitrogens with two attached hydrogens (primary N) is 1. The Morgan fingerprint density at radius 1 is 1.18 bits per heavy atom. The van der Waals surface area contributed by atoms with Crippen LogP contribution in [0.2, 0.25) is 10.0 Å². The van der Waals surface area contributed by atoms with E-state index in [4.69, 9.17) is 28.9 Å². The van der Waals surface area contributed by atoms with E-state index >= 15 is 0 Å². The van der Waals surface area contributed by atoms with Crippen LogP contribution in [0.15, 0.2) is 48.7 Å². The van der Waals surface area contributed by atoms with Gasteiger partial charge in [0.05, 0.1) is 11.9 Å². The zero-order chi connectivity index (χ0) is 24.1. The third-order valence-electron chi connectivity index (χ3n) is 5.81. The zero-order valence-corrected chi connectivity index (χ0v) is 19.9. The highest BCUT2D eigenvalue weighted by Crippen LogP contribution is 2.27. The third kappa shape index (κ3) is 5.95. The fraction of sp³-hybridized carbons (Fsp3) is 0.292. The average molecular weight is 501 g/mol. The molecule has 2 aromatic carbocycles. The first-order chi connectivity index (χ1) is 16.4. The summed E-state index contributed by atoms with van der Waals surface area (Å²) in [4.78, 5) is 20.2. The van der Waals surface area contributed by atoms with Crippen molar-refractivity contribution in [1.82, 2.24) is 20.6 Å². The van der Waals surface area contributed by atoms with Crippen molar-refractivity contribution < 1.29 is 9.90 Å². The molecule has 1 aliphatic heterocycles. The molecule has 1 saturated heterocycles. The van der Waals surface area contributed by atoms with Gasteiger partial charge in [0.15, 0.2) is 11.6 Å². The summed E-state index contributed by atoms with van der Waals surface area (Å²) in [6, 6.07) is 13.0. The van der Waals surface area contributed by atoms with Gasteiger partial charge in [-0.25, -0.2) is 9.97 Å². The van der Waals surface area contributed by atoms with Crippen molar-refractivity contribution in [2.75, 3.05) is 17.6 Å². The molecule has 1 aliphatic rings. The maximum atomic E-state index is 11.3. The molecule has 10 heteroatoms. The van der Waals surface area contributed by atoms with Gasteiger partial charge in [0.1, 0.15) is 6.04 Å². The highest BCUT2D eigenvalue weighted by molar-refractivity contribution is 6.36. The molecule has 34 heavy (non-hydrogen) atoms. The third-order valence-corrected chi connectivity index (χ3v) is 6.52. The lowest BCUT2D eigenvalue weighted by Gasteiger charge is -2.28. The van der Waals surface area contributed by atoms with Gasteiger partial charge >= 0.3 is 5.97 Å². The normalized spacial score (nSPS) is 17.9. The first-order valence-electron chi connectivity index (χ1n) is 11.0. The Morgan fingerprint density at radius 3 is 2.71 bits per heavy atom. The second kappa shape index (κ2) is 11.0. The zero-order valence-electron chi connectivity index (χ0n) is 18.4. The highest BCUT2D eigenvalue weighted by Gasteiger charge is 2.26. The molecule has 3 aromatic rings. The van der Waals surface area contributed by atoms with E-state index in [1.165, 1.54) is 0 Å². The number of nitrogens with zero attached hydrogens (tertiary/aromatic N) is 2. The van der Waals surface area contributed by atoms with E-state index in [-0.39, 0.29) is 11.9 Å². The Balaban J connectivity index is 1.44. The molecule has 6 N–H and O–H groups in total. The number of hydrogen-bond acceptors (Lipinski definition) is 7. The minimum atomic E-state index is -0.809. The number of benzene rings is 2.